The number of carbonyl (C=O) groups is 1. The monoisotopic (exact) mass is 276 g/mol. The van der Waals surface area contributed by atoms with Crippen molar-refractivity contribution in [1.82, 2.24) is 0 Å². The highest BCUT2D eigenvalue weighted by molar-refractivity contribution is 9.10. The number of Topliss-reactive ketones (excluding diaryl/α,β-unsaturated/α-hetero) is 1. The Balaban J connectivity index is 3.05. The molecule has 0 bridgehead atoms. The summed E-state index contributed by atoms with van der Waals surface area (Å²) >= 11 is 3.20. The Morgan fingerprint density at radius 2 is 1.79 bits per heavy atom. The molecule has 76 valence electrons. The van der Waals surface area contributed by atoms with Crippen molar-refractivity contribution < 1.29 is 13.2 Å². The van der Waals surface area contributed by atoms with Crippen molar-refractivity contribution in [3.8, 4) is 0 Å². The quantitative estimate of drug-likeness (QED) is 0.846. The molecule has 0 atom stereocenters. The van der Waals surface area contributed by atoms with Crippen LogP contribution in [0.25, 0.3) is 0 Å². The lowest BCUT2D eigenvalue weighted by atomic mass is 10.4. The van der Waals surface area contributed by atoms with Gasteiger partial charge in [-0.05, 0) is 31.2 Å². The third-order valence-electron chi connectivity index (χ3n) is 1.57. The minimum atomic E-state index is -3.45. The Bertz CT molecular complexity index is 434. The molecule has 3 nitrogen and oxygen atoms in total. The summed E-state index contributed by atoms with van der Waals surface area (Å²) < 4.78 is 23.8. The third-order valence-corrected chi connectivity index (χ3v) is 3.87. The van der Waals surface area contributed by atoms with Crippen LogP contribution in [0.2, 0.25) is 0 Å². The number of carbonyl (C=O) groups excluding carboxylic acids is 1. The van der Waals surface area contributed by atoms with Crippen LogP contribution in [0, 0.1) is 0 Å². The van der Waals surface area contributed by atoms with Crippen molar-refractivity contribution >= 4 is 31.6 Å². The number of hydrogen-bond acceptors (Lipinski definition) is 3. The van der Waals surface area contributed by atoms with E-state index in [-0.39, 0.29) is 10.7 Å². The van der Waals surface area contributed by atoms with Crippen molar-refractivity contribution in [1.29, 1.82) is 0 Å². The Kier molecular flexibility index (Phi) is 3.44. The standard InChI is InChI=1S/C9H9BrO3S/c1-7(11)6-14(12,13)9-4-2-8(10)3-5-9/h2-5H,6H2,1H3. The number of halogens is 1. The molecular formula is C9H9BrO3S. The summed E-state index contributed by atoms with van der Waals surface area (Å²) in [4.78, 5) is 10.9. The predicted molar refractivity (Wildman–Crippen MR) is 56.9 cm³/mol. The van der Waals surface area contributed by atoms with E-state index in [1.54, 1.807) is 12.1 Å². The van der Waals surface area contributed by atoms with Gasteiger partial charge < -0.3 is 0 Å². The van der Waals surface area contributed by atoms with E-state index in [0.717, 1.165) is 4.47 Å². The molecule has 0 heterocycles. The summed E-state index contributed by atoms with van der Waals surface area (Å²) in [5, 5.41) is 0. The van der Waals surface area contributed by atoms with E-state index in [9.17, 15) is 13.2 Å². The first-order chi connectivity index (χ1) is 6.42. The van der Waals surface area contributed by atoms with Gasteiger partial charge in [0, 0.05) is 4.47 Å². The Labute approximate surface area is 91.2 Å². The minimum Gasteiger partial charge on any atom is -0.299 e. The van der Waals surface area contributed by atoms with Crippen LogP contribution < -0.4 is 0 Å². The predicted octanol–water partition coefficient (Wildman–Crippen LogP) is 1.81. The fourth-order valence-electron chi connectivity index (χ4n) is 0.993. The van der Waals surface area contributed by atoms with E-state index in [2.05, 4.69) is 15.9 Å². The lowest BCUT2D eigenvalue weighted by molar-refractivity contribution is -0.114. The molecule has 0 aromatic heterocycles. The molecule has 5 heteroatoms. The van der Waals surface area contributed by atoms with E-state index in [1.165, 1.54) is 19.1 Å². The summed E-state index contributed by atoms with van der Waals surface area (Å²) in [7, 11) is -3.45. The maximum atomic E-state index is 11.5. The van der Waals surface area contributed by atoms with Gasteiger partial charge in [0.1, 0.15) is 11.5 Å². The Morgan fingerprint density at radius 3 is 2.21 bits per heavy atom. The average molecular weight is 277 g/mol. The van der Waals surface area contributed by atoms with Crippen molar-refractivity contribution in [2.45, 2.75) is 11.8 Å². The molecule has 0 unspecified atom stereocenters. The van der Waals surface area contributed by atoms with Crippen LogP contribution in [-0.4, -0.2) is 20.0 Å². The molecule has 0 aliphatic rings. The lowest BCUT2D eigenvalue weighted by Gasteiger charge is -2.01. The van der Waals surface area contributed by atoms with Crippen LogP contribution in [0.3, 0.4) is 0 Å². The number of ketones is 1. The smallest absolute Gasteiger partial charge is 0.185 e. The molecule has 14 heavy (non-hydrogen) atoms. The molecule has 1 rings (SSSR count). The van der Waals surface area contributed by atoms with Gasteiger partial charge in [0.05, 0.1) is 4.90 Å². The maximum Gasteiger partial charge on any atom is 0.185 e. The zero-order valence-electron chi connectivity index (χ0n) is 7.53. The molecule has 0 radical (unpaired) electrons. The van der Waals surface area contributed by atoms with Gasteiger partial charge >= 0.3 is 0 Å². The highest BCUT2D eigenvalue weighted by Gasteiger charge is 2.16. The van der Waals surface area contributed by atoms with Crippen molar-refractivity contribution in [3.05, 3.63) is 28.7 Å². The zero-order chi connectivity index (χ0) is 10.8. The summed E-state index contributed by atoms with van der Waals surface area (Å²) in [6, 6.07) is 6.21. The molecule has 0 saturated carbocycles. The SMILES string of the molecule is CC(=O)CS(=O)(=O)c1ccc(Br)cc1. The minimum absolute atomic E-state index is 0.177. The van der Waals surface area contributed by atoms with Gasteiger partial charge in [-0.25, -0.2) is 8.42 Å². The van der Waals surface area contributed by atoms with Gasteiger partial charge in [-0.2, -0.15) is 0 Å². The molecule has 0 N–H and O–H groups in total. The van der Waals surface area contributed by atoms with E-state index < -0.39 is 15.6 Å². The topological polar surface area (TPSA) is 51.2 Å². The van der Waals surface area contributed by atoms with Crippen molar-refractivity contribution in [3.63, 3.8) is 0 Å². The van der Waals surface area contributed by atoms with Crippen molar-refractivity contribution in [2.24, 2.45) is 0 Å². The fraction of sp³-hybridized carbons (Fsp3) is 0.222. The van der Waals surface area contributed by atoms with Gasteiger partial charge in [-0.3, -0.25) is 4.79 Å². The fourth-order valence-corrected chi connectivity index (χ4v) is 2.51. The van der Waals surface area contributed by atoms with Gasteiger partial charge in [0.15, 0.2) is 9.84 Å². The van der Waals surface area contributed by atoms with E-state index >= 15 is 0 Å². The van der Waals surface area contributed by atoms with Crippen LogP contribution in [0.15, 0.2) is 33.6 Å². The highest BCUT2D eigenvalue weighted by Crippen LogP contribution is 2.15. The van der Waals surface area contributed by atoms with Crippen LogP contribution >= 0.6 is 15.9 Å². The Morgan fingerprint density at radius 1 is 1.29 bits per heavy atom. The third kappa shape index (κ3) is 2.92. The average Bonchev–Trinajstić information content (AvgIpc) is 2.02. The van der Waals surface area contributed by atoms with Crippen LogP contribution in [0.1, 0.15) is 6.92 Å². The molecule has 1 aromatic rings. The number of rotatable bonds is 3. The number of benzene rings is 1. The zero-order valence-corrected chi connectivity index (χ0v) is 9.93. The Hall–Kier alpha value is -0.680. The van der Waals surface area contributed by atoms with Gasteiger partial charge in [-0.15, -0.1) is 0 Å². The molecule has 0 amide bonds. The molecule has 0 fully saturated rings. The summed E-state index contributed by atoms with van der Waals surface area (Å²) in [6.45, 7) is 1.26. The maximum absolute atomic E-state index is 11.5. The normalized spacial score (nSPS) is 11.3. The molecule has 0 aliphatic heterocycles. The van der Waals surface area contributed by atoms with E-state index in [1.807, 2.05) is 0 Å². The van der Waals surface area contributed by atoms with Crippen LogP contribution in [-0.2, 0) is 14.6 Å². The summed E-state index contributed by atoms with van der Waals surface area (Å²) in [5.41, 5.74) is 0. The molecule has 0 aliphatic carbocycles. The first kappa shape index (κ1) is 11.4. The highest BCUT2D eigenvalue weighted by atomic mass is 79.9. The molecule has 0 spiro atoms. The first-order valence-corrected chi connectivity index (χ1v) is 6.34. The summed E-state index contributed by atoms with van der Waals surface area (Å²) in [6.07, 6.45) is 0. The first-order valence-electron chi connectivity index (χ1n) is 3.89. The van der Waals surface area contributed by atoms with Crippen LogP contribution in [0.5, 0.6) is 0 Å². The lowest BCUT2D eigenvalue weighted by Crippen LogP contribution is -2.13. The summed E-state index contributed by atoms with van der Waals surface area (Å²) in [5.74, 6) is -0.790. The second kappa shape index (κ2) is 4.23. The number of hydrogen-bond donors (Lipinski definition) is 0. The molecule has 1 aromatic carbocycles. The van der Waals surface area contributed by atoms with Gasteiger partial charge in [0.2, 0.25) is 0 Å². The second-order valence-electron chi connectivity index (χ2n) is 2.92. The molecular weight excluding hydrogens is 268 g/mol. The van der Waals surface area contributed by atoms with Crippen LogP contribution in [0.4, 0.5) is 0 Å². The van der Waals surface area contributed by atoms with Crippen molar-refractivity contribution in [2.75, 3.05) is 5.75 Å². The van der Waals surface area contributed by atoms with Gasteiger partial charge in [-0.1, -0.05) is 15.9 Å². The second-order valence-corrected chi connectivity index (χ2v) is 5.82. The van der Waals surface area contributed by atoms with Gasteiger partial charge in [0.25, 0.3) is 0 Å². The van der Waals surface area contributed by atoms with E-state index in [0.29, 0.717) is 0 Å². The number of sulfone groups is 1. The van der Waals surface area contributed by atoms with E-state index in [4.69, 9.17) is 0 Å². The largest absolute Gasteiger partial charge is 0.299 e. The molecule has 0 saturated heterocycles.